The fraction of sp³-hybridized carbons (Fsp3) is 0.750. The highest BCUT2D eigenvalue weighted by atomic mass is 19.1. The SMILES string of the molecule is CC1=C(F)[C@H](C)CCC1. The lowest BCUT2D eigenvalue weighted by Crippen LogP contribution is -2.03. The minimum Gasteiger partial charge on any atom is -0.212 e. The van der Waals surface area contributed by atoms with Crippen LogP contribution in [0.25, 0.3) is 0 Å². The maximum atomic E-state index is 12.9. The molecule has 1 rings (SSSR count). The van der Waals surface area contributed by atoms with E-state index >= 15 is 0 Å². The van der Waals surface area contributed by atoms with Crippen LogP contribution in [-0.4, -0.2) is 0 Å². The number of hydrogen-bond donors (Lipinski definition) is 0. The summed E-state index contributed by atoms with van der Waals surface area (Å²) in [7, 11) is 0. The van der Waals surface area contributed by atoms with Crippen molar-refractivity contribution in [1.29, 1.82) is 0 Å². The van der Waals surface area contributed by atoms with Crippen LogP contribution in [0.5, 0.6) is 0 Å². The minimum absolute atomic E-state index is 0.140. The van der Waals surface area contributed by atoms with Crippen molar-refractivity contribution in [3.05, 3.63) is 11.4 Å². The van der Waals surface area contributed by atoms with E-state index in [0.717, 1.165) is 18.4 Å². The van der Waals surface area contributed by atoms with Crippen molar-refractivity contribution in [2.75, 3.05) is 0 Å². The van der Waals surface area contributed by atoms with Gasteiger partial charge in [-0.3, -0.25) is 0 Å². The normalized spacial score (nSPS) is 29.0. The predicted octanol–water partition coefficient (Wildman–Crippen LogP) is 3.05. The molecule has 0 aromatic rings. The Labute approximate surface area is 55.8 Å². The van der Waals surface area contributed by atoms with E-state index in [-0.39, 0.29) is 11.7 Å². The number of hydrogen-bond acceptors (Lipinski definition) is 0. The summed E-state index contributed by atoms with van der Waals surface area (Å²) >= 11 is 0. The standard InChI is InChI=1S/C8H13F/c1-6-4-3-5-7(2)8(6)9/h6H,3-5H2,1-2H3/t6-/m1/s1. The molecule has 0 spiro atoms. The molecule has 0 unspecified atom stereocenters. The van der Waals surface area contributed by atoms with Gasteiger partial charge < -0.3 is 0 Å². The van der Waals surface area contributed by atoms with Crippen LogP contribution >= 0.6 is 0 Å². The molecule has 1 atom stereocenters. The number of allylic oxidation sites excluding steroid dienone is 2. The van der Waals surface area contributed by atoms with Gasteiger partial charge in [0, 0.05) is 5.92 Å². The highest BCUT2D eigenvalue weighted by Crippen LogP contribution is 2.29. The molecule has 0 fully saturated rings. The minimum atomic E-state index is 0.140. The largest absolute Gasteiger partial charge is 0.212 e. The predicted molar refractivity (Wildman–Crippen MR) is 36.8 cm³/mol. The topological polar surface area (TPSA) is 0 Å². The van der Waals surface area contributed by atoms with Crippen LogP contribution in [-0.2, 0) is 0 Å². The highest BCUT2D eigenvalue weighted by Gasteiger charge is 2.15. The van der Waals surface area contributed by atoms with Crippen LogP contribution in [0.4, 0.5) is 4.39 Å². The van der Waals surface area contributed by atoms with Gasteiger partial charge in [-0.1, -0.05) is 6.92 Å². The van der Waals surface area contributed by atoms with Gasteiger partial charge in [-0.2, -0.15) is 0 Å². The van der Waals surface area contributed by atoms with E-state index in [1.54, 1.807) is 0 Å². The van der Waals surface area contributed by atoms with Crippen LogP contribution in [0.1, 0.15) is 33.1 Å². The van der Waals surface area contributed by atoms with Crippen molar-refractivity contribution in [1.82, 2.24) is 0 Å². The lowest BCUT2D eigenvalue weighted by atomic mass is 9.91. The first-order valence-electron chi connectivity index (χ1n) is 3.57. The van der Waals surface area contributed by atoms with Gasteiger partial charge in [0.1, 0.15) is 5.83 Å². The van der Waals surface area contributed by atoms with E-state index in [2.05, 4.69) is 0 Å². The van der Waals surface area contributed by atoms with Crippen LogP contribution in [0.2, 0.25) is 0 Å². The van der Waals surface area contributed by atoms with Crippen LogP contribution < -0.4 is 0 Å². The molecule has 0 heterocycles. The molecule has 0 aromatic heterocycles. The average Bonchev–Trinajstić information content (AvgIpc) is 1.83. The third-order valence-electron chi connectivity index (χ3n) is 2.03. The third kappa shape index (κ3) is 1.32. The van der Waals surface area contributed by atoms with E-state index in [1.165, 1.54) is 6.42 Å². The van der Waals surface area contributed by atoms with Crippen molar-refractivity contribution >= 4 is 0 Å². The summed E-state index contributed by atoms with van der Waals surface area (Å²) in [5.41, 5.74) is 0.966. The first kappa shape index (κ1) is 6.79. The van der Waals surface area contributed by atoms with Gasteiger partial charge in [-0.05, 0) is 31.8 Å². The van der Waals surface area contributed by atoms with E-state index in [9.17, 15) is 4.39 Å². The molecule has 0 aromatic carbocycles. The van der Waals surface area contributed by atoms with Crippen LogP contribution in [0.15, 0.2) is 11.4 Å². The molecule has 1 heteroatoms. The molecule has 0 aliphatic heterocycles. The summed E-state index contributed by atoms with van der Waals surface area (Å²) in [5.74, 6) is 0.333. The number of halogens is 1. The second kappa shape index (κ2) is 2.51. The van der Waals surface area contributed by atoms with E-state index in [0.29, 0.717) is 0 Å². The zero-order valence-corrected chi connectivity index (χ0v) is 6.08. The van der Waals surface area contributed by atoms with Gasteiger partial charge in [0.15, 0.2) is 0 Å². The van der Waals surface area contributed by atoms with Crippen molar-refractivity contribution < 1.29 is 4.39 Å². The monoisotopic (exact) mass is 128 g/mol. The van der Waals surface area contributed by atoms with Crippen LogP contribution in [0, 0.1) is 5.92 Å². The Morgan fingerprint density at radius 2 is 2.22 bits per heavy atom. The average molecular weight is 128 g/mol. The molecule has 52 valence electrons. The highest BCUT2D eigenvalue weighted by molar-refractivity contribution is 5.10. The first-order chi connectivity index (χ1) is 4.22. The van der Waals surface area contributed by atoms with Gasteiger partial charge in [-0.25, -0.2) is 4.39 Å². The molecule has 1 aliphatic rings. The maximum Gasteiger partial charge on any atom is 0.102 e. The third-order valence-corrected chi connectivity index (χ3v) is 2.03. The Kier molecular flexibility index (Phi) is 1.89. The zero-order valence-electron chi connectivity index (χ0n) is 6.08. The van der Waals surface area contributed by atoms with E-state index < -0.39 is 0 Å². The number of rotatable bonds is 0. The van der Waals surface area contributed by atoms with Gasteiger partial charge in [0.05, 0.1) is 0 Å². The molecular formula is C8H13F. The van der Waals surface area contributed by atoms with Crippen molar-refractivity contribution in [2.24, 2.45) is 5.92 Å². The van der Waals surface area contributed by atoms with Gasteiger partial charge in [-0.15, -0.1) is 0 Å². The molecule has 9 heavy (non-hydrogen) atoms. The second-order valence-electron chi connectivity index (χ2n) is 2.92. The van der Waals surface area contributed by atoms with Gasteiger partial charge >= 0.3 is 0 Å². The fourth-order valence-corrected chi connectivity index (χ4v) is 1.34. The zero-order chi connectivity index (χ0) is 6.85. The molecule has 0 bridgehead atoms. The Bertz CT molecular complexity index is 136. The lowest BCUT2D eigenvalue weighted by molar-refractivity contribution is 0.418. The Morgan fingerprint density at radius 1 is 1.56 bits per heavy atom. The van der Waals surface area contributed by atoms with Crippen molar-refractivity contribution in [3.63, 3.8) is 0 Å². The van der Waals surface area contributed by atoms with Gasteiger partial charge in [0.25, 0.3) is 0 Å². The molecule has 0 saturated heterocycles. The summed E-state index contributed by atoms with van der Waals surface area (Å²) in [6.45, 7) is 3.85. The van der Waals surface area contributed by atoms with Crippen LogP contribution in [0.3, 0.4) is 0 Å². The summed E-state index contributed by atoms with van der Waals surface area (Å²) < 4.78 is 12.9. The molecule has 0 saturated carbocycles. The Morgan fingerprint density at radius 3 is 2.67 bits per heavy atom. The van der Waals surface area contributed by atoms with E-state index in [1.807, 2.05) is 13.8 Å². The fourth-order valence-electron chi connectivity index (χ4n) is 1.34. The summed E-state index contributed by atoms with van der Waals surface area (Å²) in [6, 6.07) is 0. The van der Waals surface area contributed by atoms with Crippen molar-refractivity contribution in [3.8, 4) is 0 Å². The molecule has 0 N–H and O–H groups in total. The van der Waals surface area contributed by atoms with E-state index in [4.69, 9.17) is 0 Å². The molecule has 0 amide bonds. The van der Waals surface area contributed by atoms with Crippen molar-refractivity contribution in [2.45, 2.75) is 33.1 Å². The second-order valence-corrected chi connectivity index (χ2v) is 2.92. The molecule has 0 nitrogen and oxygen atoms in total. The summed E-state index contributed by atoms with van der Waals surface area (Å²) in [4.78, 5) is 0. The molecule has 1 aliphatic carbocycles. The quantitative estimate of drug-likeness (QED) is 0.470. The summed E-state index contributed by atoms with van der Waals surface area (Å²) in [6.07, 6.45) is 3.17. The smallest absolute Gasteiger partial charge is 0.102 e. The summed E-state index contributed by atoms with van der Waals surface area (Å²) in [5, 5.41) is 0. The molecular weight excluding hydrogens is 115 g/mol. The Balaban J connectivity index is 2.72. The first-order valence-corrected chi connectivity index (χ1v) is 3.57. The maximum absolute atomic E-state index is 12.9. The van der Waals surface area contributed by atoms with Gasteiger partial charge in [0.2, 0.25) is 0 Å². The Hall–Kier alpha value is -0.330. The lowest BCUT2D eigenvalue weighted by Gasteiger charge is -2.17. The molecule has 0 radical (unpaired) electrons.